The van der Waals surface area contributed by atoms with Gasteiger partial charge in [-0.1, -0.05) is 33.3 Å². The summed E-state index contributed by atoms with van der Waals surface area (Å²) in [6, 6.07) is 0. The van der Waals surface area contributed by atoms with Gasteiger partial charge in [-0.3, -0.25) is 0 Å². The van der Waals surface area contributed by atoms with Crippen molar-refractivity contribution in [2.24, 2.45) is 22.7 Å². The maximum Gasteiger partial charge on any atom is 0.162 e. The van der Waals surface area contributed by atoms with Gasteiger partial charge in [0.05, 0.1) is 6.61 Å². The van der Waals surface area contributed by atoms with E-state index in [1.807, 2.05) is 0 Å². The zero-order chi connectivity index (χ0) is 12.3. The van der Waals surface area contributed by atoms with Crippen LogP contribution in [-0.2, 0) is 4.74 Å². The van der Waals surface area contributed by atoms with Gasteiger partial charge in [0.25, 0.3) is 0 Å². The van der Waals surface area contributed by atoms with E-state index in [2.05, 4.69) is 26.8 Å². The summed E-state index contributed by atoms with van der Waals surface area (Å²) in [4.78, 5) is 0. The van der Waals surface area contributed by atoms with Crippen molar-refractivity contribution in [3.63, 3.8) is 0 Å². The number of aliphatic hydroxyl groups excluding tert-OH is 1. The molecular formula is C15H24O2. The van der Waals surface area contributed by atoms with Gasteiger partial charge in [0, 0.05) is 5.92 Å². The van der Waals surface area contributed by atoms with Crippen LogP contribution in [0.25, 0.3) is 0 Å². The highest BCUT2D eigenvalue weighted by Gasteiger charge is 2.56. The van der Waals surface area contributed by atoms with Crippen LogP contribution in [0.1, 0.15) is 46.5 Å². The van der Waals surface area contributed by atoms with Gasteiger partial charge in [-0.25, -0.2) is 0 Å². The van der Waals surface area contributed by atoms with Gasteiger partial charge in [-0.2, -0.15) is 0 Å². The molecule has 1 N–H and O–H groups in total. The Morgan fingerprint density at radius 2 is 2.06 bits per heavy atom. The second-order valence-corrected chi connectivity index (χ2v) is 7.09. The van der Waals surface area contributed by atoms with E-state index in [9.17, 15) is 5.11 Å². The van der Waals surface area contributed by atoms with Crippen molar-refractivity contribution in [1.29, 1.82) is 0 Å². The van der Waals surface area contributed by atoms with E-state index >= 15 is 0 Å². The molecule has 0 radical (unpaired) electrons. The van der Waals surface area contributed by atoms with Crippen LogP contribution in [0.15, 0.2) is 11.6 Å². The number of ether oxygens (including phenoxy) is 1. The third kappa shape index (κ3) is 1.53. The molecule has 2 heteroatoms. The van der Waals surface area contributed by atoms with Crippen molar-refractivity contribution in [2.45, 2.75) is 52.7 Å². The Labute approximate surface area is 104 Å². The molecule has 3 rings (SSSR count). The van der Waals surface area contributed by atoms with Crippen LogP contribution in [0.3, 0.4) is 0 Å². The van der Waals surface area contributed by atoms with E-state index in [0.29, 0.717) is 17.9 Å². The maximum atomic E-state index is 10.1. The third-order valence-electron chi connectivity index (χ3n) is 5.71. The first kappa shape index (κ1) is 11.7. The molecule has 0 spiro atoms. The Bertz CT molecular complexity index is 358. The molecule has 4 atom stereocenters. The molecule has 1 heterocycles. The quantitative estimate of drug-likeness (QED) is 0.655. The summed E-state index contributed by atoms with van der Waals surface area (Å²) in [5.41, 5.74) is 1.99. The highest BCUT2D eigenvalue weighted by atomic mass is 16.6. The molecule has 0 aromatic carbocycles. The molecule has 0 amide bonds. The second-order valence-electron chi connectivity index (χ2n) is 7.09. The summed E-state index contributed by atoms with van der Waals surface area (Å²) in [6.07, 6.45) is 6.80. The predicted octanol–water partition coefficient (Wildman–Crippen LogP) is 3.11. The lowest BCUT2D eigenvalue weighted by Crippen LogP contribution is -2.50. The SMILES string of the molecule is CC1(C)CCC[C@]2(C)[C@@H]3C(=CC[C@@H]12)COC3O. The van der Waals surface area contributed by atoms with Gasteiger partial charge < -0.3 is 9.84 Å². The van der Waals surface area contributed by atoms with Crippen LogP contribution in [0.5, 0.6) is 0 Å². The number of hydrogen-bond donors (Lipinski definition) is 1. The summed E-state index contributed by atoms with van der Waals surface area (Å²) in [5.74, 6) is 0.940. The summed E-state index contributed by atoms with van der Waals surface area (Å²) in [5, 5.41) is 10.1. The summed E-state index contributed by atoms with van der Waals surface area (Å²) in [6.45, 7) is 7.83. The van der Waals surface area contributed by atoms with E-state index < -0.39 is 6.29 Å². The third-order valence-corrected chi connectivity index (χ3v) is 5.71. The Morgan fingerprint density at radius 1 is 1.29 bits per heavy atom. The smallest absolute Gasteiger partial charge is 0.162 e. The average molecular weight is 236 g/mol. The second kappa shape index (κ2) is 3.58. The van der Waals surface area contributed by atoms with Gasteiger partial charge in [-0.15, -0.1) is 0 Å². The van der Waals surface area contributed by atoms with E-state index in [-0.39, 0.29) is 11.3 Å². The van der Waals surface area contributed by atoms with Crippen molar-refractivity contribution in [3.8, 4) is 0 Å². The van der Waals surface area contributed by atoms with Crippen LogP contribution in [0, 0.1) is 22.7 Å². The predicted molar refractivity (Wildman–Crippen MR) is 67.4 cm³/mol. The van der Waals surface area contributed by atoms with E-state index in [1.165, 1.54) is 31.3 Å². The van der Waals surface area contributed by atoms with Crippen molar-refractivity contribution in [3.05, 3.63) is 11.6 Å². The van der Waals surface area contributed by atoms with E-state index in [4.69, 9.17) is 4.74 Å². The van der Waals surface area contributed by atoms with Gasteiger partial charge in [0.2, 0.25) is 0 Å². The normalized spacial score (nSPS) is 48.2. The minimum absolute atomic E-state index is 0.238. The van der Waals surface area contributed by atoms with E-state index in [0.717, 1.165) is 0 Å². The molecule has 2 fully saturated rings. The average Bonchev–Trinajstić information content (AvgIpc) is 2.60. The lowest BCUT2D eigenvalue weighted by atomic mass is 9.49. The van der Waals surface area contributed by atoms with Crippen molar-refractivity contribution in [1.82, 2.24) is 0 Å². The molecule has 1 saturated heterocycles. The van der Waals surface area contributed by atoms with Crippen LogP contribution in [0.2, 0.25) is 0 Å². The first-order valence-corrected chi connectivity index (χ1v) is 6.94. The van der Waals surface area contributed by atoms with Gasteiger partial charge >= 0.3 is 0 Å². The fraction of sp³-hybridized carbons (Fsp3) is 0.867. The molecule has 17 heavy (non-hydrogen) atoms. The Morgan fingerprint density at radius 3 is 2.82 bits per heavy atom. The van der Waals surface area contributed by atoms with Gasteiger partial charge in [-0.05, 0) is 41.6 Å². The molecule has 3 aliphatic rings. The minimum Gasteiger partial charge on any atom is -0.367 e. The molecule has 1 unspecified atom stereocenters. The number of aliphatic hydroxyl groups is 1. The van der Waals surface area contributed by atoms with Crippen LogP contribution in [-0.4, -0.2) is 18.0 Å². The minimum atomic E-state index is -0.567. The molecular weight excluding hydrogens is 212 g/mol. The van der Waals surface area contributed by atoms with Crippen LogP contribution < -0.4 is 0 Å². The molecule has 0 aromatic rings. The fourth-order valence-corrected chi connectivity index (χ4v) is 4.88. The Balaban J connectivity index is 2.02. The molecule has 2 nitrogen and oxygen atoms in total. The lowest BCUT2D eigenvalue weighted by molar-refractivity contribution is -0.139. The first-order valence-electron chi connectivity index (χ1n) is 6.94. The Kier molecular flexibility index (Phi) is 2.47. The van der Waals surface area contributed by atoms with Crippen molar-refractivity contribution in [2.75, 3.05) is 6.61 Å². The van der Waals surface area contributed by atoms with Crippen LogP contribution in [0.4, 0.5) is 0 Å². The number of hydrogen-bond acceptors (Lipinski definition) is 2. The molecule has 96 valence electrons. The summed E-state index contributed by atoms with van der Waals surface area (Å²) >= 11 is 0. The highest BCUT2D eigenvalue weighted by molar-refractivity contribution is 5.23. The van der Waals surface area contributed by atoms with Crippen LogP contribution >= 0.6 is 0 Å². The maximum absolute atomic E-state index is 10.1. The van der Waals surface area contributed by atoms with Gasteiger partial charge in [0.15, 0.2) is 6.29 Å². The highest BCUT2D eigenvalue weighted by Crippen LogP contribution is 2.61. The molecule has 2 aliphatic carbocycles. The van der Waals surface area contributed by atoms with Crippen molar-refractivity contribution < 1.29 is 9.84 Å². The van der Waals surface area contributed by atoms with Gasteiger partial charge in [0.1, 0.15) is 0 Å². The fourth-order valence-electron chi connectivity index (χ4n) is 4.88. The summed E-state index contributed by atoms with van der Waals surface area (Å²) in [7, 11) is 0. The zero-order valence-corrected chi connectivity index (χ0v) is 11.2. The molecule has 1 aliphatic heterocycles. The molecule has 0 bridgehead atoms. The number of fused-ring (bicyclic) bond motifs is 3. The molecule has 0 aromatic heterocycles. The summed E-state index contributed by atoms with van der Waals surface area (Å²) < 4.78 is 5.47. The monoisotopic (exact) mass is 236 g/mol. The topological polar surface area (TPSA) is 29.5 Å². The Hall–Kier alpha value is -0.340. The van der Waals surface area contributed by atoms with Crippen molar-refractivity contribution >= 4 is 0 Å². The van der Waals surface area contributed by atoms with E-state index in [1.54, 1.807) is 0 Å². The first-order chi connectivity index (χ1) is 7.95. The molecule has 1 saturated carbocycles. The number of allylic oxidation sites excluding steroid dienone is 1. The zero-order valence-electron chi connectivity index (χ0n) is 11.2. The largest absolute Gasteiger partial charge is 0.367 e. The lowest BCUT2D eigenvalue weighted by Gasteiger charge is -2.56. The number of rotatable bonds is 0. The standard InChI is InChI=1S/C15H24O2/c1-14(2)7-4-8-15(3)11(14)6-5-10-9-17-13(16)12(10)15/h5,11-13,16H,4,6-9H2,1-3H3/t11-,12+,13?,15-/m0/s1.